The van der Waals surface area contributed by atoms with E-state index in [1.165, 1.54) is 7.05 Å². The molecule has 0 amide bonds. The Bertz CT molecular complexity index is 685. The molecule has 0 saturated carbocycles. The lowest BCUT2D eigenvalue weighted by atomic mass is 10.1. The zero-order chi connectivity index (χ0) is 16.5. The van der Waals surface area contributed by atoms with E-state index in [1.54, 1.807) is 31.2 Å². The van der Waals surface area contributed by atoms with Crippen molar-refractivity contribution in [3.8, 4) is 0 Å². The first kappa shape index (κ1) is 17.0. The minimum atomic E-state index is -4.57. The number of hydrogen-bond acceptors (Lipinski definition) is 4. The van der Waals surface area contributed by atoms with Crippen molar-refractivity contribution in [1.29, 1.82) is 0 Å². The maximum atomic E-state index is 12.7. The zero-order valence-corrected chi connectivity index (χ0v) is 14.0. The summed E-state index contributed by atoms with van der Waals surface area (Å²) in [6.07, 6.45) is -4.57. The van der Waals surface area contributed by atoms with Crippen LogP contribution in [0.25, 0.3) is 0 Å². The Morgan fingerprint density at radius 3 is 2.36 bits per heavy atom. The second-order valence-corrected chi connectivity index (χ2v) is 6.72. The number of nitrogens with zero attached hydrogens (tertiary/aromatic N) is 3. The van der Waals surface area contributed by atoms with Gasteiger partial charge in [-0.3, -0.25) is 4.79 Å². The number of alkyl halides is 3. The number of thioether (sulfide) groups is 1. The van der Waals surface area contributed by atoms with Crippen molar-refractivity contribution in [3.05, 3.63) is 40.1 Å². The van der Waals surface area contributed by atoms with Crippen molar-refractivity contribution in [1.82, 2.24) is 14.8 Å². The summed E-state index contributed by atoms with van der Waals surface area (Å²) < 4.78 is 39.7. The first-order valence-corrected chi connectivity index (χ1v) is 7.80. The van der Waals surface area contributed by atoms with Crippen LogP contribution in [0, 0.1) is 0 Å². The topological polar surface area (TPSA) is 47.8 Å². The molecule has 1 aromatic heterocycles. The van der Waals surface area contributed by atoms with E-state index in [4.69, 9.17) is 0 Å². The van der Waals surface area contributed by atoms with Gasteiger partial charge in [0.25, 0.3) is 0 Å². The average molecular weight is 394 g/mol. The largest absolute Gasteiger partial charge is 0.451 e. The molecule has 22 heavy (non-hydrogen) atoms. The standard InChI is InChI=1S/C13H11BrF3N3OS/c1-7(10(21)8-3-5-9(14)6-4-8)22-12-19-18-11(20(12)2)13(15,16)17/h3-7H,1-2H3/t7-/m0/s1. The highest BCUT2D eigenvalue weighted by atomic mass is 79.9. The lowest BCUT2D eigenvalue weighted by Crippen LogP contribution is -2.16. The predicted octanol–water partition coefficient (Wildman–Crippen LogP) is 3.96. The zero-order valence-electron chi connectivity index (χ0n) is 11.6. The van der Waals surface area contributed by atoms with Crippen LogP contribution >= 0.6 is 27.7 Å². The van der Waals surface area contributed by atoms with Crippen LogP contribution in [0.2, 0.25) is 0 Å². The molecule has 0 N–H and O–H groups in total. The maximum absolute atomic E-state index is 12.7. The molecule has 0 aliphatic heterocycles. The van der Waals surface area contributed by atoms with Gasteiger partial charge in [0.2, 0.25) is 5.82 Å². The van der Waals surface area contributed by atoms with Crippen molar-refractivity contribution in [2.75, 3.05) is 0 Å². The van der Waals surface area contributed by atoms with Gasteiger partial charge >= 0.3 is 6.18 Å². The number of halogens is 4. The van der Waals surface area contributed by atoms with Gasteiger partial charge in [-0.05, 0) is 19.1 Å². The summed E-state index contributed by atoms with van der Waals surface area (Å²) in [6.45, 7) is 1.62. The van der Waals surface area contributed by atoms with Gasteiger partial charge in [0.1, 0.15) is 0 Å². The molecule has 0 spiro atoms. The quantitative estimate of drug-likeness (QED) is 0.582. The Hall–Kier alpha value is -1.35. The number of hydrogen-bond donors (Lipinski definition) is 0. The fourth-order valence-electron chi connectivity index (χ4n) is 1.72. The van der Waals surface area contributed by atoms with Gasteiger partial charge in [-0.15, -0.1) is 10.2 Å². The molecule has 0 unspecified atom stereocenters. The lowest BCUT2D eigenvalue weighted by Gasteiger charge is -2.10. The van der Waals surface area contributed by atoms with E-state index >= 15 is 0 Å². The van der Waals surface area contributed by atoms with Gasteiger partial charge in [0.15, 0.2) is 10.9 Å². The number of carbonyl (C=O) groups excluding carboxylic acids is 1. The molecule has 118 valence electrons. The second kappa shape index (κ2) is 6.41. The summed E-state index contributed by atoms with van der Waals surface area (Å²) in [6, 6.07) is 6.77. The van der Waals surface area contributed by atoms with Gasteiger partial charge in [0.05, 0.1) is 5.25 Å². The van der Waals surface area contributed by atoms with Crippen LogP contribution in [0.5, 0.6) is 0 Å². The summed E-state index contributed by atoms with van der Waals surface area (Å²) in [7, 11) is 1.22. The third kappa shape index (κ3) is 3.70. The van der Waals surface area contributed by atoms with Crippen molar-refractivity contribution in [2.45, 2.75) is 23.5 Å². The molecule has 0 radical (unpaired) electrons. The van der Waals surface area contributed by atoms with Crippen molar-refractivity contribution >= 4 is 33.5 Å². The van der Waals surface area contributed by atoms with Gasteiger partial charge in [-0.2, -0.15) is 13.2 Å². The van der Waals surface area contributed by atoms with Crippen LogP contribution in [0.4, 0.5) is 13.2 Å². The number of carbonyl (C=O) groups is 1. The molecule has 1 heterocycles. The molecule has 2 rings (SSSR count). The molecule has 0 aliphatic rings. The Morgan fingerprint density at radius 2 is 1.86 bits per heavy atom. The molecule has 1 aromatic carbocycles. The van der Waals surface area contributed by atoms with Gasteiger partial charge in [-0.1, -0.05) is 39.8 Å². The van der Waals surface area contributed by atoms with E-state index in [2.05, 4.69) is 26.1 Å². The molecule has 4 nitrogen and oxygen atoms in total. The van der Waals surface area contributed by atoms with Gasteiger partial charge in [-0.25, -0.2) is 0 Å². The van der Waals surface area contributed by atoms with Gasteiger partial charge < -0.3 is 4.57 Å². The van der Waals surface area contributed by atoms with Crippen LogP contribution in [-0.2, 0) is 13.2 Å². The first-order chi connectivity index (χ1) is 10.2. The third-order valence-electron chi connectivity index (χ3n) is 2.87. The number of Topliss-reactive ketones (excluding diaryl/α,β-unsaturated/α-hetero) is 1. The van der Waals surface area contributed by atoms with E-state index in [0.717, 1.165) is 20.8 Å². The molecule has 0 fully saturated rings. The molecule has 0 bridgehead atoms. The van der Waals surface area contributed by atoms with Crippen molar-refractivity contribution < 1.29 is 18.0 Å². The smallest absolute Gasteiger partial charge is 0.302 e. The van der Waals surface area contributed by atoms with Crippen LogP contribution in [0.3, 0.4) is 0 Å². The second-order valence-electron chi connectivity index (χ2n) is 4.49. The van der Waals surface area contributed by atoms with E-state index in [0.29, 0.717) is 5.56 Å². The predicted molar refractivity (Wildman–Crippen MR) is 79.8 cm³/mol. The molecule has 0 saturated heterocycles. The molecule has 1 atom stereocenters. The molecular weight excluding hydrogens is 383 g/mol. The van der Waals surface area contributed by atoms with Crippen LogP contribution in [-0.4, -0.2) is 25.8 Å². The highest BCUT2D eigenvalue weighted by Gasteiger charge is 2.37. The maximum Gasteiger partial charge on any atom is 0.451 e. The average Bonchev–Trinajstić information content (AvgIpc) is 2.80. The Kier molecular flexibility index (Phi) is 4.96. The van der Waals surface area contributed by atoms with Gasteiger partial charge in [0, 0.05) is 17.1 Å². The number of rotatable bonds is 4. The summed E-state index contributed by atoms with van der Waals surface area (Å²) in [5.74, 6) is -1.27. The van der Waals surface area contributed by atoms with Crippen LogP contribution in [0.1, 0.15) is 23.1 Å². The van der Waals surface area contributed by atoms with Crippen LogP contribution < -0.4 is 0 Å². The number of ketones is 1. The van der Waals surface area contributed by atoms with E-state index in [9.17, 15) is 18.0 Å². The fraction of sp³-hybridized carbons (Fsp3) is 0.308. The summed E-state index contributed by atoms with van der Waals surface area (Å²) in [5, 5.41) is 6.11. The SMILES string of the molecule is C[C@H](Sc1nnc(C(F)(F)F)n1C)C(=O)c1ccc(Br)cc1. The number of aromatic nitrogens is 3. The highest BCUT2D eigenvalue weighted by Crippen LogP contribution is 2.31. The van der Waals surface area contributed by atoms with Crippen molar-refractivity contribution in [3.63, 3.8) is 0 Å². The van der Waals surface area contributed by atoms with E-state index in [-0.39, 0.29) is 10.9 Å². The van der Waals surface area contributed by atoms with Crippen molar-refractivity contribution in [2.24, 2.45) is 7.05 Å². The summed E-state index contributed by atoms with van der Waals surface area (Å²) >= 11 is 4.21. The monoisotopic (exact) mass is 393 g/mol. The first-order valence-electron chi connectivity index (χ1n) is 6.13. The molecular formula is C13H11BrF3N3OS. The minimum Gasteiger partial charge on any atom is -0.302 e. The van der Waals surface area contributed by atoms with Crippen LogP contribution in [0.15, 0.2) is 33.9 Å². The molecule has 9 heteroatoms. The third-order valence-corrected chi connectivity index (χ3v) is 4.53. The Balaban J connectivity index is 2.15. The van der Waals surface area contributed by atoms with E-state index < -0.39 is 17.3 Å². The van der Waals surface area contributed by atoms with E-state index in [1.807, 2.05) is 0 Å². The normalized spacial score (nSPS) is 13.2. The molecule has 0 aliphatic carbocycles. The lowest BCUT2D eigenvalue weighted by molar-refractivity contribution is -0.147. The summed E-state index contributed by atoms with van der Waals surface area (Å²) in [4.78, 5) is 12.3. The number of benzene rings is 1. The molecule has 2 aromatic rings. The Morgan fingerprint density at radius 1 is 1.27 bits per heavy atom. The Labute approximate surface area is 137 Å². The summed E-state index contributed by atoms with van der Waals surface area (Å²) in [5.41, 5.74) is 0.487. The highest BCUT2D eigenvalue weighted by molar-refractivity contribution is 9.10. The minimum absolute atomic E-state index is 0.0466. The fourth-order valence-corrected chi connectivity index (χ4v) is 2.88.